The molecule has 2 rings (SSSR count). The molecule has 1 aliphatic rings. The lowest BCUT2D eigenvalue weighted by molar-refractivity contribution is 0.115. The number of nitrogens with zero attached hydrogens (tertiary/aromatic N) is 1. The van der Waals surface area contributed by atoms with Gasteiger partial charge in [0.2, 0.25) is 0 Å². The summed E-state index contributed by atoms with van der Waals surface area (Å²) in [5.41, 5.74) is 6.42. The van der Waals surface area contributed by atoms with Crippen LogP contribution in [0.15, 0.2) is 18.2 Å². The number of halogens is 1. The molecule has 0 radical (unpaired) electrons. The van der Waals surface area contributed by atoms with E-state index in [1.54, 1.807) is 6.07 Å². The van der Waals surface area contributed by atoms with E-state index >= 15 is 0 Å². The van der Waals surface area contributed by atoms with Crippen molar-refractivity contribution in [3.05, 3.63) is 24.0 Å². The lowest BCUT2D eigenvalue weighted by Crippen LogP contribution is -2.44. The van der Waals surface area contributed by atoms with Crippen LogP contribution in [-0.4, -0.2) is 29.1 Å². The van der Waals surface area contributed by atoms with Crippen LogP contribution in [0.25, 0.3) is 0 Å². The van der Waals surface area contributed by atoms with Gasteiger partial charge in [0.25, 0.3) is 0 Å². The minimum atomic E-state index is -0.317. The van der Waals surface area contributed by atoms with Crippen molar-refractivity contribution in [3.63, 3.8) is 0 Å². The zero-order valence-corrected chi connectivity index (χ0v) is 12.1. The Morgan fingerprint density at radius 3 is 2.63 bits per heavy atom. The molecule has 4 heteroatoms. The zero-order valence-electron chi connectivity index (χ0n) is 12.1. The maximum Gasteiger partial charge on any atom is 0.145 e. The molecule has 0 bridgehead atoms. The van der Waals surface area contributed by atoms with Crippen molar-refractivity contribution >= 4 is 5.69 Å². The van der Waals surface area contributed by atoms with Crippen molar-refractivity contribution in [2.75, 3.05) is 12.3 Å². The average molecular weight is 266 g/mol. The summed E-state index contributed by atoms with van der Waals surface area (Å²) in [5, 5.41) is 0. The van der Waals surface area contributed by atoms with Gasteiger partial charge in [0, 0.05) is 30.6 Å². The lowest BCUT2D eigenvalue weighted by atomic mass is 10.1. The van der Waals surface area contributed by atoms with E-state index in [1.807, 2.05) is 0 Å². The van der Waals surface area contributed by atoms with E-state index in [0.29, 0.717) is 17.5 Å². The molecule has 1 aliphatic heterocycles. The molecule has 1 aromatic rings. The Labute approximate surface area is 114 Å². The van der Waals surface area contributed by atoms with E-state index in [2.05, 4.69) is 32.6 Å². The second-order valence-electron chi connectivity index (χ2n) is 6.33. The van der Waals surface area contributed by atoms with Crippen molar-refractivity contribution in [1.82, 2.24) is 4.90 Å². The average Bonchev–Trinajstić information content (AvgIpc) is 2.64. The van der Waals surface area contributed by atoms with Crippen molar-refractivity contribution in [3.8, 4) is 5.75 Å². The summed E-state index contributed by atoms with van der Waals surface area (Å²) >= 11 is 0. The highest BCUT2D eigenvalue weighted by Gasteiger charge is 2.36. The Kier molecular flexibility index (Phi) is 3.72. The molecule has 2 N–H and O–H groups in total. The topological polar surface area (TPSA) is 38.5 Å². The van der Waals surface area contributed by atoms with Crippen LogP contribution in [0.2, 0.25) is 0 Å². The van der Waals surface area contributed by atoms with E-state index in [9.17, 15) is 4.39 Å². The Bertz CT molecular complexity index is 456. The Hall–Kier alpha value is -1.29. The Morgan fingerprint density at radius 2 is 2.05 bits per heavy atom. The molecule has 0 amide bonds. The van der Waals surface area contributed by atoms with Crippen molar-refractivity contribution in [2.45, 2.75) is 51.8 Å². The number of nitrogens with two attached hydrogens (primary N) is 1. The first-order valence-electron chi connectivity index (χ1n) is 6.76. The van der Waals surface area contributed by atoms with Crippen molar-refractivity contribution < 1.29 is 9.13 Å². The van der Waals surface area contributed by atoms with Crippen LogP contribution in [0.5, 0.6) is 5.75 Å². The summed E-state index contributed by atoms with van der Waals surface area (Å²) in [7, 11) is 0. The predicted octanol–water partition coefficient (Wildman–Crippen LogP) is 3.05. The fraction of sp³-hybridized carbons (Fsp3) is 0.600. The molecule has 2 atom stereocenters. The van der Waals surface area contributed by atoms with Crippen molar-refractivity contribution in [1.29, 1.82) is 0 Å². The molecule has 0 spiro atoms. The number of ether oxygens (including phenoxy) is 1. The first-order chi connectivity index (χ1) is 8.77. The number of rotatable bonds is 2. The molecule has 0 aromatic heterocycles. The molecule has 0 saturated carbocycles. The Balaban J connectivity index is 2.07. The molecule has 1 saturated heterocycles. The highest BCUT2D eigenvalue weighted by atomic mass is 19.1. The number of hydrogen-bond acceptors (Lipinski definition) is 3. The van der Waals surface area contributed by atoms with Gasteiger partial charge in [0.1, 0.15) is 17.7 Å². The standard InChI is InChI=1S/C15H23FN2O/c1-10-7-12(9-18(10)15(2,3)4)19-14-8-11(16)5-6-13(14)17/h5-6,8,10,12H,7,9,17H2,1-4H3/t10-,12-/m0/s1. The van der Waals surface area contributed by atoms with E-state index in [0.717, 1.165) is 13.0 Å². The van der Waals surface area contributed by atoms with E-state index in [4.69, 9.17) is 10.5 Å². The number of hydrogen-bond donors (Lipinski definition) is 1. The van der Waals surface area contributed by atoms with Gasteiger partial charge in [-0.2, -0.15) is 0 Å². The normalized spacial score (nSPS) is 24.7. The molecule has 3 nitrogen and oxygen atoms in total. The molecule has 19 heavy (non-hydrogen) atoms. The van der Waals surface area contributed by atoms with Gasteiger partial charge in [0.15, 0.2) is 0 Å². The summed E-state index contributed by atoms with van der Waals surface area (Å²) in [6, 6.07) is 4.71. The third kappa shape index (κ3) is 3.18. The summed E-state index contributed by atoms with van der Waals surface area (Å²) < 4.78 is 19.1. The number of anilines is 1. The summed E-state index contributed by atoms with van der Waals surface area (Å²) in [6.45, 7) is 9.64. The summed E-state index contributed by atoms with van der Waals surface area (Å²) in [5.74, 6) is 0.135. The van der Waals surface area contributed by atoms with Gasteiger partial charge in [-0.05, 0) is 39.8 Å². The molecule has 1 fully saturated rings. The van der Waals surface area contributed by atoms with E-state index in [1.165, 1.54) is 12.1 Å². The van der Waals surface area contributed by atoms with E-state index < -0.39 is 0 Å². The van der Waals surface area contributed by atoms with Gasteiger partial charge in [0.05, 0.1) is 5.69 Å². The largest absolute Gasteiger partial charge is 0.487 e. The van der Waals surface area contributed by atoms with Crippen LogP contribution in [0.1, 0.15) is 34.1 Å². The third-order valence-corrected chi connectivity index (χ3v) is 3.67. The second-order valence-corrected chi connectivity index (χ2v) is 6.33. The number of nitrogen functional groups attached to an aromatic ring is 1. The molecule has 0 unspecified atom stereocenters. The SMILES string of the molecule is C[C@H]1C[C@H](Oc2cc(F)ccc2N)CN1C(C)(C)C. The fourth-order valence-electron chi connectivity index (χ4n) is 2.79. The third-order valence-electron chi connectivity index (χ3n) is 3.67. The van der Waals surface area contributed by atoms with Crippen LogP contribution in [0, 0.1) is 5.82 Å². The van der Waals surface area contributed by atoms with Gasteiger partial charge in [-0.15, -0.1) is 0 Å². The van der Waals surface area contributed by atoms with Gasteiger partial charge in [-0.3, -0.25) is 4.90 Å². The zero-order chi connectivity index (χ0) is 14.2. The molecule has 106 valence electrons. The van der Waals surface area contributed by atoms with Gasteiger partial charge in [-0.1, -0.05) is 0 Å². The molecule has 1 aromatic carbocycles. The van der Waals surface area contributed by atoms with Gasteiger partial charge < -0.3 is 10.5 Å². The van der Waals surface area contributed by atoms with Gasteiger partial charge in [-0.25, -0.2) is 4.39 Å². The minimum Gasteiger partial charge on any atom is -0.487 e. The highest BCUT2D eigenvalue weighted by molar-refractivity contribution is 5.52. The van der Waals surface area contributed by atoms with Crippen LogP contribution >= 0.6 is 0 Å². The van der Waals surface area contributed by atoms with Crippen LogP contribution < -0.4 is 10.5 Å². The number of likely N-dealkylation sites (tertiary alicyclic amines) is 1. The summed E-state index contributed by atoms with van der Waals surface area (Å²) in [6.07, 6.45) is 1.01. The van der Waals surface area contributed by atoms with E-state index in [-0.39, 0.29) is 17.5 Å². The van der Waals surface area contributed by atoms with Crippen LogP contribution in [-0.2, 0) is 0 Å². The monoisotopic (exact) mass is 266 g/mol. The molecular weight excluding hydrogens is 243 g/mol. The quantitative estimate of drug-likeness (QED) is 0.836. The molecular formula is C15H23FN2O. The van der Waals surface area contributed by atoms with Crippen LogP contribution in [0.3, 0.4) is 0 Å². The smallest absolute Gasteiger partial charge is 0.145 e. The highest BCUT2D eigenvalue weighted by Crippen LogP contribution is 2.31. The first-order valence-corrected chi connectivity index (χ1v) is 6.76. The number of benzene rings is 1. The molecule has 0 aliphatic carbocycles. The Morgan fingerprint density at radius 1 is 1.37 bits per heavy atom. The van der Waals surface area contributed by atoms with Crippen LogP contribution in [0.4, 0.5) is 10.1 Å². The fourth-order valence-corrected chi connectivity index (χ4v) is 2.79. The molecule has 1 heterocycles. The minimum absolute atomic E-state index is 0.0679. The maximum atomic E-state index is 13.2. The van der Waals surface area contributed by atoms with Gasteiger partial charge >= 0.3 is 0 Å². The second kappa shape index (κ2) is 5.00. The lowest BCUT2D eigenvalue weighted by Gasteiger charge is -2.35. The summed E-state index contributed by atoms with van der Waals surface area (Å²) in [4.78, 5) is 2.41. The van der Waals surface area contributed by atoms with Crippen molar-refractivity contribution in [2.24, 2.45) is 0 Å². The predicted molar refractivity (Wildman–Crippen MR) is 75.8 cm³/mol. The maximum absolute atomic E-state index is 13.2. The first kappa shape index (κ1) is 14.1.